The zero-order chi connectivity index (χ0) is 9.68. The lowest BCUT2D eigenvalue weighted by Gasteiger charge is -1.97. The zero-order valence-corrected chi connectivity index (χ0v) is 7.50. The molecule has 1 aromatic rings. The van der Waals surface area contributed by atoms with Gasteiger partial charge in [0.2, 0.25) is 0 Å². The van der Waals surface area contributed by atoms with Gasteiger partial charge in [-0.25, -0.2) is 4.79 Å². The molecule has 0 aliphatic heterocycles. The normalized spacial score (nSPS) is 8.46. The highest BCUT2D eigenvalue weighted by atomic mass is 16.5. The fraction of sp³-hybridized carbons (Fsp3) is 0.200. The smallest absolute Gasteiger partial charge is 0.339 e. The van der Waals surface area contributed by atoms with E-state index >= 15 is 0 Å². The number of esters is 1. The van der Waals surface area contributed by atoms with Gasteiger partial charge in [-0.05, 0) is 13.0 Å². The average molecular weight is 175 g/mol. The van der Waals surface area contributed by atoms with Crippen LogP contribution in [-0.2, 0) is 4.74 Å². The van der Waals surface area contributed by atoms with Crippen LogP contribution in [0.5, 0.6) is 0 Å². The molecule has 0 saturated heterocycles. The van der Waals surface area contributed by atoms with Gasteiger partial charge in [0.25, 0.3) is 0 Å². The van der Waals surface area contributed by atoms with Crippen LogP contribution in [0.25, 0.3) is 0 Å². The maximum Gasteiger partial charge on any atom is 0.339 e. The number of pyridine rings is 1. The van der Waals surface area contributed by atoms with Crippen molar-refractivity contribution in [2.75, 3.05) is 7.11 Å². The minimum atomic E-state index is -0.396. The number of aromatic nitrogens is 1. The first kappa shape index (κ1) is 9.27. The summed E-state index contributed by atoms with van der Waals surface area (Å²) in [6, 6.07) is 1.65. The van der Waals surface area contributed by atoms with Gasteiger partial charge in [-0.2, -0.15) is 0 Å². The predicted octanol–water partition coefficient (Wildman–Crippen LogP) is 1.24. The second-order valence-electron chi connectivity index (χ2n) is 2.33. The molecule has 1 heterocycles. The topological polar surface area (TPSA) is 39.2 Å². The first-order valence-electron chi connectivity index (χ1n) is 3.74. The van der Waals surface area contributed by atoms with E-state index in [1.807, 2.05) is 0 Å². The summed E-state index contributed by atoms with van der Waals surface area (Å²) >= 11 is 0. The van der Waals surface area contributed by atoms with Crippen LogP contribution in [-0.4, -0.2) is 18.1 Å². The minimum absolute atomic E-state index is 0.396. The van der Waals surface area contributed by atoms with Crippen molar-refractivity contribution in [1.29, 1.82) is 0 Å². The highest BCUT2D eigenvalue weighted by Crippen LogP contribution is 2.02. The Morgan fingerprint density at radius 2 is 2.31 bits per heavy atom. The van der Waals surface area contributed by atoms with E-state index in [2.05, 4.69) is 21.6 Å². The van der Waals surface area contributed by atoms with Crippen LogP contribution < -0.4 is 0 Å². The average Bonchev–Trinajstić information content (AvgIpc) is 2.18. The predicted molar refractivity (Wildman–Crippen MR) is 48.1 cm³/mol. The number of hydrogen-bond donors (Lipinski definition) is 0. The Bertz CT molecular complexity index is 374. The molecular formula is C10H9NO2. The Morgan fingerprint density at radius 3 is 2.92 bits per heavy atom. The van der Waals surface area contributed by atoms with Gasteiger partial charge in [0.05, 0.1) is 12.7 Å². The van der Waals surface area contributed by atoms with Crippen molar-refractivity contribution in [3.63, 3.8) is 0 Å². The number of carbonyl (C=O) groups excluding carboxylic acids is 1. The van der Waals surface area contributed by atoms with Gasteiger partial charge in [0, 0.05) is 18.0 Å². The zero-order valence-electron chi connectivity index (χ0n) is 7.50. The summed E-state index contributed by atoms with van der Waals surface area (Å²) in [5.41, 5.74) is 1.13. The van der Waals surface area contributed by atoms with Crippen molar-refractivity contribution >= 4 is 5.97 Å². The summed E-state index contributed by atoms with van der Waals surface area (Å²) in [4.78, 5) is 14.9. The number of carbonyl (C=O) groups is 1. The molecule has 0 spiro atoms. The largest absolute Gasteiger partial charge is 0.465 e. The highest BCUT2D eigenvalue weighted by molar-refractivity contribution is 5.89. The molecule has 0 aromatic carbocycles. The first-order chi connectivity index (χ1) is 6.27. The SMILES string of the molecule is CC#Cc1cncc(C(=O)OC)c1. The third-order valence-electron chi connectivity index (χ3n) is 1.43. The van der Waals surface area contributed by atoms with Crippen LogP contribution in [0.4, 0.5) is 0 Å². The molecule has 0 saturated carbocycles. The fourth-order valence-electron chi connectivity index (χ4n) is 0.882. The lowest BCUT2D eigenvalue weighted by Crippen LogP contribution is -2.01. The van der Waals surface area contributed by atoms with Gasteiger partial charge in [0.15, 0.2) is 0 Å². The lowest BCUT2D eigenvalue weighted by molar-refractivity contribution is 0.0600. The monoisotopic (exact) mass is 175 g/mol. The van der Waals surface area contributed by atoms with Crippen LogP contribution in [0.2, 0.25) is 0 Å². The van der Waals surface area contributed by atoms with E-state index in [1.165, 1.54) is 13.3 Å². The van der Waals surface area contributed by atoms with Gasteiger partial charge < -0.3 is 4.74 Å². The molecule has 1 rings (SSSR count). The van der Waals surface area contributed by atoms with Crippen molar-refractivity contribution in [2.24, 2.45) is 0 Å². The summed E-state index contributed by atoms with van der Waals surface area (Å²) in [5.74, 6) is 5.14. The molecule has 0 aliphatic carbocycles. The van der Waals surface area contributed by atoms with E-state index in [0.29, 0.717) is 11.1 Å². The van der Waals surface area contributed by atoms with Crippen molar-refractivity contribution in [3.05, 3.63) is 29.6 Å². The molecular weight excluding hydrogens is 166 g/mol. The maximum atomic E-state index is 11.1. The number of hydrogen-bond acceptors (Lipinski definition) is 3. The van der Waals surface area contributed by atoms with E-state index in [4.69, 9.17) is 0 Å². The third kappa shape index (κ3) is 2.31. The summed E-state index contributed by atoms with van der Waals surface area (Å²) in [5, 5.41) is 0. The Labute approximate surface area is 76.8 Å². The standard InChI is InChI=1S/C10H9NO2/c1-3-4-8-5-9(7-11-6-8)10(12)13-2/h5-7H,1-2H3. The molecule has 13 heavy (non-hydrogen) atoms. The van der Waals surface area contributed by atoms with Crippen LogP contribution in [0.3, 0.4) is 0 Å². The molecule has 1 aromatic heterocycles. The second kappa shape index (κ2) is 4.27. The van der Waals surface area contributed by atoms with Gasteiger partial charge in [-0.15, -0.1) is 5.92 Å². The van der Waals surface area contributed by atoms with E-state index in [-0.39, 0.29) is 0 Å². The Morgan fingerprint density at radius 1 is 1.54 bits per heavy atom. The molecule has 0 atom stereocenters. The van der Waals surface area contributed by atoms with Gasteiger partial charge in [0.1, 0.15) is 0 Å². The maximum absolute atomic E-state index is 11.1. The van der Waals surface area contributed by atoms with Crippen molar-refractivity contribution < 1.29 is 9.53 Å². The van der Waals surface area contributed by atoms with Gasteiger partial charge in [-0.1, -0.05) is 5.92 Å². The number of rotatable bonds is 1. The van der Waals surface area contributed by atoms with Crippen LogP contribution in [0.15, 0.2) is 18.5 Å². The Hall–Kier alpha value is -1.82. The summed E-state index contributed by atoms with van der Waals surface area (Å²) < 4.78 is 4.54. The fourth-order valence-corrected chi connectivity index (χ4v) is 0.882. The first-order valence-corrected chi connectivity index (χ1v) is 3.74. The third-order valence-corrected chi connectivity index (χ3v) is 1.43. The molecule has 66 valence electrons. The molecule has 0 radical (unpaired) electrons. The lowest BCUT2D eigenvalue weighted by atomic mass is 10.2. The molecule has 0 unspecified atom stereocenters. The molecule has 0 amide bonds. The van der Waals surface area contributed by atoms with Crippen LogP contribution >= 0.6 is 0 Å². The summed E-state index contributed by atoms with van der Waals surface area (Å²) in [6.45, 7) is 1.73. The molecule has 0 fully saturated rings. The highest BCUT2D eigenvalue weighted by Gasteiger charge is 2.04. The van der Waals surface area contributed by atoms with Crippen molar-refractivity contribution in [3.8, 4) is 11.8 Å². The number of nitrogens with zero attached hydrogens (tertiary/aromatic N) is 1. The Balaban J connectivity index is 3.02. The van der Waals surface area contributed by atoms with E-state index in [9.17, 15) is 4.79 Å². The van der Waals surface area contributed by atoms with Crippen LogP contribution in [0.1, 0.15) is 22.8 Å². The molecule has 0 bridgehead atoms. The summed E-state index contributed by atoms with van der Waals surface area (Å²) in [6.07, 6.45) is 3.05. The van der Waals surface area contributed by atoms with Crippen molar-refractivity contribution in [1.82, 2.24) is 4.98 Å². The molecule has 0 aliphatic rings. The van der Waals surface area contributed by atoms with Crippen LogP contribution in [0, 0.1) is 11.8 Å². The Kier molecular flexibility index (Phi) is 3.04. The van der Waals surface area contributed by atoms with E-state index in [1.54, 1.807) is 19.2 Å². The van der Waals surface area contributed by atoms with E-state index < -0.39 is 5.97 Å². The molecule has 3 heteroatoms. The minimum Gasteiger partial charge on any atom is -0.465 e. The quantitative estimate of drug-likeness (QED) is 0.476. The van der Waals surface area contributed by atoms with E-state index in [0.717, 1.165) is 0 Å². The van der Waals surface area contributed by atoms with Crippen molar-refractivity contribution in [2.45, 2.75) is 6.92 Å². The number of methoxy groups -OCH3 is 1. The molecule has 0 N–H and O–H groups in total. The summed E-state index contributed by atoms with van der Waals surface area (Å²) in [7, 11) is 1.33. The number of ether oxygens (including phenoxy) is 1. The second-order valence-corrected chi connectivity index (χ2v) is 2.33. The van der Waals surface area contributed by atoms with Gasteiger partial charge >= 0.3 is 5.97 Å². The molecule has 3 nitrogen and oxygen atoms in total. The van der Waals surface area contributed by atoms with Gasteiger partial charge in [-0.3, -0.25) is 4.98 Å².